The van der Waals surface area contributed by atoms with E-state index < -0.39 is 97.4 Å². The van der Waals surface area contributed by atoms with Gasteiger partial charge < -0.3 is 125 Å². The fourth-order valence-electron chi connectivity index (χ4n) is 8.86. The molecule has 2 aliphatic rings. The molecule has 6 rings (SSSR count). The van der Waals surface area contributed by atoms with Crippen LogP contribution in [0.25, 0.3) is 0 Å². The van der Waals surface area contributed by atoms with Crippen molar-refractivity contribution in [3.63, 3.8) is 0 Å². The summed E-state index contributed by atoms with van der Waals surface area (Å²) in [6.07, 6.45) is -17.5. The van der Waals surface area contributed by atoms with Crippen molar-refractivity contribution in [1.29, 1.82) is 0 Å². The average Bonchev–Trinajstić information content (AvgIpc) is 1.15. The minimum atomic E-state index is -1.98. The smallest absolute Gasteiger partial charge is 0.404 e. The van der Waals surface area contributed by atoms with E-state index in [1.54, 1.807) is 12.4 Å². The quantitative estimate of drug-likeness (QED) is 0.0115. The van der Waals surface area contributed by atoms with E-state index in [0.717, 1.165) is 12.1 Å². The second-order valence-corrected chi connectivity index (χ2v) is 21.4. The highest BCUT2D eigenvalue weighted by atomic mass is 16.7. The van der Waals surface area contributed by atoms with Gasteiger partial charge in [0.1, 0.15) is 79.3 Å². The highest BCUT2D eigenvalue weighted by Gasteiger charge is 2.49. The lowest BCUT2D eigenvalue weighted by atomic mass is 9.99. The maximum Gasteiger partial charge on any atom is 0.404 e. The lowest BCUT2D eigenvalue weighted by Crippen LogP contribution is -2.61. The van der Waals surface area contributed by atoms with Crippen LogP contribution in [0.1, 0.15) is 63.5 Å². The number of ether oxygens (including phenoxy) is 12. The van der Waals surface area contributed by atoms with Gasteiger partial charge in [-0.2, -0.15) is 0 Å². The van der Waals surface area contributed by atoms with Crippen molar-refractivity contribution in [2.45, 2.75) is 121 Å². The van der Waals surface area contributed by atoms with Gasteiger partial charge >= 0.3 is 24.1 Å². The van der Waals surface area contributed by atoms with Gasteiger partial charge in [-0.05, 0) is 48.7 Å². The van der Waals surface area contributed by atoms with Crippen LogP contribution < -0.4 is 31.6 Å². The summed E-state index contributed by atoms with van der Waals surface area (Å²) in [5.74, 6) is -5.20. The van der Waals surface area contributed by atoms with Crippen molar-refractivity contribution >= 4 is 41.7 Å². The molecule has 0 radical (unpaired) electrons. The van der Waals surface area contributed by atoms with E-state index in [2.05, 4.69) is 41.3 Å². The molecule has 0 saturated carbocycles. The zero-order valence-electron chi connectivity index (χ0n) is 53.2. The molecule has 39 heteroatoms. The molecule has 97 heavy (non-hydrogen) atoms. The Hall–Kier alpha value is -8.39. The maximum atomic E-state index is 13.5. The molecule has 4 aromatic rings. The van der Waals surface area contributed by atoms with Crippen molar-refractivity contribution in [3.8, 4) is 11.5 Å². The van der Waals surface area contributed by atoms with Crippen LogP contribution in [0.3, 0.4) is 0 Å². The van der Waals surface area contributed by atoms with Crippen LogP contribution in [0, 0.1) is 0 Å². The summed E-state index contributed by atoms with van der Waals surface area (Å²) in [6, 6.07) is 7.92. The summed E-state index contributed by atoms with van der Waals surface area (Å²) in [7, 11) is 0. The predicted molar refractivity (Wildman–Crippen MR) is 325 cm³/mol. The SMILES string of the molecule is CC/C(C)=N/OCCOCCOCCN(CCOCCOCCn1cc(CNC(=O)c2cc(COC(N)=O)ccc2O[C@@H]2O[C@H](C(=O)O)[C@@H](O)[C@H](O)[C@H]2O)nn1)CCOCCOCCn1cc(CNC(=O)c2cc(COC(N)=O)ccc2O[C@@H]2O[C@H](C(=O)O)[C@@H](O)[C@H](O)[C@H]2O)nn1. The van der Waals surface area contributed by atoms with E-state index in [4.69, 9.17) is 73.1 Å². The molecule has 0 aliphatic carbocycles. The predicted octanol–water partition coefficient (Wildman–Crippen LogP) is -3.63. The number of carbonyl (C=O) groups is 6. The largest absolute Gasteiger partial charge is 0.479 e. The maximum absolute atomic E-state index is 13.5. The first-order chi connectivity index (χ1) is 46.6. The second kappa shape index (κ2) is 41.0. The number of amides is 4. The standard InChI is InChI=1S/C58H84N12O27/c1-3-34(2)65-93-25-24-90-23-22-87-15-10-68(8-13-85-18-20-88-16-11-69-30-37(63-66-69)28-61-51(77)39-26-35(32-91-57(59)83)4-6-41(39)94-55-47(75)43(71)45(73)49(96-55)53(79)80)9-14-86-19-21-89-17-12-70-31-38(64-67-70)29-62-52(78)40-27-36(33-92-58(60)84)5-7-42(40)95-56-48(76)44(72)46(74)50(97-56)54(81)82/h4-7,26-27,30-31,43-50,55-56,71-76H,3,8-25,28-29,32-33H2,1-2H3,(H2,59,83)(H2,60,84)(H,61,77)(H,62,78)(H,79,80)(H,81,82)/b65-34+/t43-,44-,45-,46-,47+,48+,49-,50-,55+,56+/m0/s1. The number of carbonyl (C=O) groups excluding carboxylic acids is 4. The van der Waals surface area contributed by atoms with Gasteiger partial charge in [0, 0.05) is 19.6 Å². The number of primary amides is 2. The average molecular weight is 1380 g/mol. The molecule has 0 unspecified atom stereocenters. The van der Waals surface area contributed by atoms with E-state index >= 15 is 0 Å². The number of hydrogen-bond acceptors (Lipinski definition) is 31. The summed E-state index contributed by atoms with van der Waals surface area (Å²) in [5, 5.41) is 106. The van der Waals surface area contributed by atoms with Crippen LogP contribution in [0.15, 0.2) is 53.9 Å². The van der Waals surface area contributed by atoms with Gasteiger partial charge in [0.2, 0.25) is 12.6 Å². The van der Waals surface area contributed by atoms with Crippen LogP contribution in [-0.2, 0) is 101 Å². The first-order valence-corrected chi connectivity index (χ1v) is 30.6. The molecule has 14 N–H and O–H groups in total. The van der Waals surface area contributed by atoms with E-state index in [1.165, 1.54) is 45.8 Å². The molecule has 2 aromatic heterocycles. The van der Waals surface area contributed by atoms with Crippen molar-refractivity contribution in [2.75, 3.05) is 106 Å². The number of aromatic nitrogens is 6. The number of aliphatic carboxylic acids is 2. The van der Waals surface area contributed by atoms with Crippen molar-refractivity contribution in [1.82, 2.24) is 45.5 Å². The number of carboxylic acids is 2. The van der Waals surface area contributed by atoms with Crippen LogP contribution in [0.2, 0.25) is 0 Å². The number of nitrogens with two attached hydrogens (primary N) is 2. The zero-order chi connectivity index (χ0) is 70.2. The summed E-state index contributed by atoms with van der Waals surface area (Å²) in [4.78, 5) is 80.3. The van der Waals surface area contributed by atoms with E-state index in [0.29, 0.717) is 101 Å². The number of hydrogen-bond donors (Lipinski definition) is 12. The number of aliphatic hydroxyl groups excluding tert-OH is 6. The first kappa shape index (κ1) is 77.6. The number of nitrogens with one attached hydrogen (secondary N) is 2. The van der Waals surface area contributed by atoms with Gasteiger partial charge in [-0.25, -0.2) is 28.5 Å². The fraction of sp³-hybridized carbons (Fsp3) is 0.603. The van der Waals surface area contributed by atoms with Gasteiger partial charge in [0.05, 0.1) is 135 Å². The van der Waals surface area contributed by atoms with Crippen LogP contribution in [-0.4, -0.2) is 284 Å². The number of oxime groups is 1. The van der Waals surface area contributed by atoms with E-state index in [-0.39, 0.29) is 88.6 Å². The molecule has 538 valence electrons. The summed E-state index contributed by atoms with van der Waals surface area (Å²) in [5.41, 5.74) is 12.0. The Morgan fingerprint density at radius 1 is 0.546 bits per heavy atom. The number of rotatable bonds is 45. The van der Waals surface area contributed by atoms with Gasteiger partial charge in [-0.1, -0.05) is 34.6 Å². The van der Waals surface area contributed by atoms with Crippen LogP contribution in [0.5, 0.6) is 11.5 Å². The summed E-state index contributed by atoms with van der Waals surface area (Å²) < 4.78 is 69.1. The van der Waals surface area contributed by atoms with Crippen molar-refractivity contribution in [3.05, 3.63) is 82.4 Å². The molecular weight excluding hydrogens is 1300 g/mol. The number of nitrogens with zero attached hydrogens (tertiary/aromatic N) is 8. The Balaban J connectivity index is 0.887. The normalized spacial score (nSPS) is 21.0. The molecule has 4 amide bonds. The third-order valence-electron chi connectivity index (χ3n) is 14.2. The highest BCUT2D eigenvalue weighted by Crippen LogP contribution is 2.30. The minimum absolute atomic E-state index is 0.128. The Kier molecular flexibility index (Phi) is 32.8. The first-order valence-electron chi connectivity index (χ1n) is 30.6. The van der Waals surface area contributed by atoms with E-state index in [9.17, 15) is 69.6 Å². The minimum Gasteiger partial charge on any atom is -0.479 e. The molecule has 2 saturated heterocycles. The molecule has 0 spiro atoms. The Bertz CT molecular complexity index is 2960. The van der Waals surface area contributed by atoms with Gasteiger partial charge in [0.25, 0.3) is 11.8 Å². The lowest BCUT2D eigenvalue weighted by molar-refractivity contribution is -0.271. The molecular formula is C58H84N12O27. The van der Waals surface area contributed by atoms with Crippen LogP contribution in [0.4, 0.5) is 9.59 Å². The zero-order valence-corrected chi connectivity index (χ0v) is 53.2. The molecule has 4 heterocycles. The third kappa shape index (κ3) is 26.2. The topological polar surface area (TPSA) is 537 Å². The Morgan fingerprint density at radius 3 is 1.31 bits per heavy atom. The summed E-state index contributed by atoms with van der Waals surface area (Å²) in [6.45, 7) is 9.40. The molecule has 10 atom stereocenters. The monoisotopic (exact) mass is 1380 g/mol. The molecule has 2 aliphatic heterocycles. The summed E-state index contributed by atoms with van der Waals surface area (Å²) >= 11 is 0. The Morgan fingerprint density at radius 2 is 0.928 bits per heavy atom. The fourth-order valence-corrected chi connectivity index (χ4v) is 8.86. The molecule has 2 fully saturated rings. The third-order valence-corrected chi connectivity index (χ3v) is 14.2. The molecule has 2 aromatic carbocycles. The number of carboxylic acid groups (broad SMARTS) is 2. The van der Waals surface area contributed by atoms with Gasteiger partial charge in [-0.3, -0.25) is 14.5 Å². The van der Waals surface area contributed by atoms with E-state index in [1.807, 2.05) is 13.8 Å². The highest BCUT2D eigenvalue weighted by molar-refractivity contribution is 5.97. The number of benzene rings is 2. The van der Waals surface area contributed by atoms with Crippen molar-refractivity contribution < 1.29 is 131 Å². The van der Waals surface area contributed by atoms with Crippen molar-refractivity contribution in [2.24, 2.45) is 16.6 Å². The second-order valence-electron chi connectivity index (χ2n) is 21.4. The van der Waals surface area contributed by atoms with Gasteiger partial charge in [0.15, 0.2) is 12.2 Å². The molecule has 0 bridgehead atoms. The van der Waals surface area contributed by atoms with Crippen LogP contribution >= 0.6 is 0 Å². The number of aliphatic hydroxyl groups is 6. The molecule has 39 nitrogen and oxygen atoms in total. The Labute approximate surface area is 554 Å². The van der Waals surface area contributed by atoms with Gasteiger partial charge in [-0.15, -0.1) is 10.2 Å². The lowest BCUT2D eigenvalue weighted by Gasteiger charge is -2.38.